The molecule has 102 valence electrons. The maximum atomic E-state index is 3.72. The van der Waals surface area contributed by atoms with E-state index in [4.69, 9.17) is 0 Å². The van der Waals surface area contributed by atoms with Crippen molar-refractivity contribution in [2.75, 3.05) is 20.1 Å². The Balaban J connectivity index is 3.43. The van der Waals surface area contributed by atoms with E-state index in [2.05, 4.69) is 49.4 Å². The van der Waals surface area contributed by atoms with Crippen LogP contribution in [0.25, 0.3) is 0 Å². The van der Waals surface area contributed by atoms with Crippen molar-refractivity contribution in [3.05, 3.63) is 49.6 Å². The normalized spacial score (nSPS) is 11.7. The molecule has 0 aromatic rings. The van der Waals surface area contributed by atoms with E-state index in [1.807, 2.05) is 12.2 Å². The molecule has 0 amide bonds. The Labute approximate surface area is 114 Å². The molecule has 18 heavy (non-hydrogen) atoms. The highest BCUT2D eigenvalue weighted by Crippen LogP contribution is 1.98. The van der Waals surface area contributed by atoms with Gasteiger partial charge in [-0.1, -0.05) is 36.5 Å². The van der Waals surface area contributed by atoms with Crippen molar-refractivity contribution in [2.45, 2.75) is 38.5 Å². The Kier molecular flexibility index (Phi) is 13.1. The summed E-state index contributed by atoms with van der Waals surface area (Å²) in [5.41, 5.74) is 0. The molecule has 1 nitrogen and oxygen atoms in total. The lowest BCUT2D eigenvalue weighted by Gasteiger charge is -2.10. The lowest BCUT2D eigenvalue weighted by atomic mass is 10.2. The minimum Gasteiger partial charge on any atom is -0.299 e. The van der Waals surface area contributed by atoms with Crippen molar-refractivity contribution in [1.82, 2.24) is 4.90 Å². The maximum Gasteiger partial charge on any atom is 0.0163 e. The highest BCUT2D eigenvalue weighted by molar-refractivity contribution is 4.89. The topological polar surface area (TPSA) is 3.24 Å². The standard InChI is InChI=1S/C17H29N/c1-4-6-8-10-12-14-16-18(3)17-15-13-11-9-7-5-2/h4-5,12-15H,1-2,6-11,16-17H2,3H3. The van der Waals surface area contributed by atoms with Gasteiger partial charge < -0.3 is 0 Å². The van der Waals surface area contributed by atoms with Gasteiger partial charge in [0.1, 0.15) is 0 Å². The first kappa shape index (κ1) is 16.9. The van der Waals surface area contributed by atoms with Gasteiger partial charge in [0.2, 0.25) is 0 Å². The van der Waals surface area contributed by atoms with Crippen molar-refractivity contribution in [1.29, 1.82) is 0 Å². The van der Waals surface area contributed by atoms with Gasteiger partial charge in [-0.15, -0.1) is 13.2 Å². The summed E-state index contributed by atoms with van der Waals surface area (Å²) in [4.78, 5) is 2.31. The van der Waals surface area contributed by atoms with Gasteiger partial charge in [0.15, 0.2) is 0 Å². The minimum atomic E-state index is 1.03. The number of rotatable bonds is 12. The smallest absolute Gasteiger partial charge is 0.0163 e. The molecule has 0 aliphatic carbocycles. The average molecular weight is 247 g/mol. The summed E-state index contributed by atoms with van der Waals surface area (Å²) in [6.07, 6.45) is 20.0. The third-order valence-corrected chi connectivity index (χ3v) is 2.73. The molecule has 0 saturated heterocycles. The molecule has 0 unspecified atom stereocenters. The van der Waals surface area contributed by atoms with Gasteiger partial charge in [0, 0.05) is 13.1 Å². The molecule has 0 radical (unpaired) electrons. The molecule has 0 aliphatic heterocycles. The molecule has 0 aromatic carbocycles. The zero-order chi connectivity index (χ0) is 13.5. The SMILES string of the molecule is C=CCCCC=CCN(C)CC=CCCCC=C. The first-order valence-electron chi connectivity index (χ1n) is 7.01. The third kappa shape index (κ3) is 13.0. The molecule has 0 saturated carbocycles. The van der Waals surface area contributed by atoms with Gasteiger partial charge in [-0.25, -0.2) is 0 Å². The van der Waals surface area contributed by atoms with E-state index < -0.39 is 0 Å². The fraction of sp³-hybridized carbons (Fsp3) is 0.529. The van der Waals surface area contributed by atoms with Gasteiger partial charge in [-0.3, -0.25) is 4.90 Å². The zero-order valence-corrected chi connectivity index (χ0v) is 12.0. The van der Waals surface area contributed by atoms with Crippen molar-refractivity contribution in [2.24, 2.45) is 0 Å². The van der Waals surface area contributed by atoms with Gasteiger partial charge in [0.05, 0.1) is 0 Å². The monoisotopic (exact) mass is 247 g/mol. The van der Waals surface area contributed by atoms with Crippen LogP contribution in [-0.2, 0) is 0 Å². The average Bonchev–Trinajstić information content (AvgIpc) is 2.38. The number of nitrogens with zero attached hydrogens (tertiary/aromatic N) is 1. The Bertz CT molecular complexity index is 224. The van der Waals surface area contributed by atoms with Crippen LogP contribution in [0.4, 0.5) is 0 Å². The van der Waals surface area contributed by atoms with Crippen molar-refractivity contribution in [3.63, 3.8) is 0 Å². The van der Waals surface area contributed by atoms with Crippen LogP contribution in [0, 0.1) is 0 Å². The van der Waals surface area contributed by atoms with E-state index in [0.717, 1.165) is 38.8 Å². The zero-order valence-electron chi connectivity index (χ0n) is 12.0. The largest absolute Gasteiger partial charge is 0.299 e. The van der Waals surface area contributed by atoms with Crippen LogP contribution in [0.15, 0.2) is 49.6 Å². The van der Waals surface area contributed by atoms with E-state index in [-0.39, 0.29) is 0 Å². The Morgan fingerprint density at radius 3 is 1.56 bits per heavy atom. The van der Waals surface area contributed by atoms with Crippen LogP contribution in [0.3, 0.4) is 0 Å². The molecule has 1 heteroatoms. The van der Waals surface area contributed by atoms with Crippen LogP contribution in [0.1, 0.15) is 38.5 Å². The summed E-state index contributed by atoms with van der Waals surface area (Å²) in [6, 6.07) is 0. The number of hydrogen-bond donors (Lipinski definition) is 0. The summed E-state index contributed by atoms with van der Waals surface area (Å²) in [5.74, 6) is 0. The fourth-order valence-electron chi connectivity index (χ4n) is 1.58. The minimum absolute atomic E-state index is 1.03. The second-order valence-corrected chi connectivity index (χ2v) is 4.60. The van der Waals surface area contributed by atoms with Crippen LogP contribution < -0.4 is 0 Å². The summed E-state index contributed by atoms with van der Waals surface area (Å²) in [6.45, 7) is 9.51. The molecule has 0 bridgehead atoms. The number of unbranched alkanes of at least 4 members (excludes halogenated alkanes) is 4. The van der Waals surface area contributed by atoms with Gasteiger partial charge >= 0.3 is 0 Å². The summed E-state index contributed by atoms with van der Waals surface area (Å²) in [7, 11) is 2.15. The molecule has 0 heterocycles. The summed E-state index contributed by atoms with van der Waals surface area (Å²) >= 11 is 0. The second-order valence-electron chi connectivity index (χ2n) is 4.60. The molecule has 0 N–H and O–H groups in total. The van der Waals surface area contributed by atoms with E-state index in [9.17, 15) is 0 Å². The second kappa shape index (κ2) is 14.0. The molecule has 0 aromatic heterocycles. The molecule has 0 spiro atoms. The first-order valence-corrected chi connectivity index (χ1v) is 7.01. The van der Waals surface area contributed by atoms with Crippen molar-refractivity contribution in [3.8, 4) is 0 Å². The van der Waals surface area contributed by atoms with E-state index >= 15 is 0 Å². The van der Waals surface area contributed by atoms with Crippen LogP contribution in [-0.4, -0.2) is 25.0 Å². The lowest BCUT2D eigenvalue weighted by Crippen LogP contribution is -2.17. The third-order valence-electron chi connectivity index (χ3n) is 2.73. The Hall–Kier alpha value is -1.08. The highest BCUT2D eigenvalue weighted by Gasteiger charge is 1.90. The van der Waals surface area contributed by atoms with Crippen molar-refractivity contribution < 1.29 is 0 Å². The molecule has 0 rings (SSSR count). The van der Waals surface area contributed by atoms with E-state index in [1.165, 1.54) is 12.8 Å². The molecule has 0 aliphatic rings. The Morgan fingerprint density at radius 2 is 1.17 bits per heavy atom. The van der Waals surface area contributed by atoms with E-state index in [1.54, 1.807) is 0 Å². The summed E-state index contributed by atoms with van der Waals surface area (Å²) < 4.78 is 0. The summed E-state index contributed by atoms with van der Waals surface area (Å²) in [5, 5.41) is 0. The van der Waals surface area contributed by atoms with Crippen LogP contribution in [0.5, 0.6) is 0 Å². The quantitative estimate of drug-likeness (QED) is 0.355. The van der Waals surface area contributed by atoms with E-state index in [0.29, 0.717) is 0 Å². The van der Waals surface area contributed by atoms with Gasteiger partial charge in [-0.05, 0) is 45.6 Å². The predicted molar refractivity (Wildman–Crippen MR) is 83.9 cm³/mol. The fourth-order valence-corrected chi connectivity index (χ4v) is 1.58. The van der Waals surface area contributed by atoms with Crippen LogP contribution >= 0.6 is 0 Å². The molecular formula is C17H29N. The van der Waals surface area contributed by atoms with Crippen LogP contribution in [0.2, 0.25) is 0 Å². The number of allylic oxidation sites excluding steroid dienone is 4. The maximum absolute atomic E-state index is 3.72. The Morgan fingerprint density at radius 1 is 0.722 bits per heavy atom. The predicted octanol–water partition coefficient (Wildman–Crippen LogP) is 4.74. The highest BCUT2D eigenvalue weighted by atomic mass is 15.1. The lowest BCUT2D eigenvalue weighted by molar-refractivity contribution is 0.411. The van der Waals surface area contributed by atoms with Gasteiger partial charge in [0.25, 0.3) is 0 Å². The van der Waals surface area contributed by atoms with Crippen molar-refractivity contribution >= 4 is 0 Å². The van der Waals surface area contributed by atoms with Gasteiger partial charge in [-0.2, -0.15) is 0 Å². The molecule has 0 fully saturated rings. The molecule has 0 atom stereocenters. The number of hydrogen-bond acceptors (Lipinski definition) is 1. The molecular weight excluding hydrogens is 218 g/mol. The number of likely N-dealkylation sites (N-methyl/N-ethyl adjacent to an activating group) is 1. The first-order chi connectivity index (χ1) is 8.81.